The number of esters is 1. The van der Waals surface area contributed by atoms with Gasteiger partial charge in [0.25, 0.3) is 0 Å². The summed E-state index contributed by atoms with van der Waals surface area (Å²) in [7, 11) is 1.90. The van der Waals surface area contributed by atoms with E-state index in [2.05, 4.69) is 5.32 Å². The van der Waals surface area contributed by atoms with Crippen molar-refractivity contribution in [1.82, 2.24) is 9.13 Å². The molecule has 6 heteroatoms. The molecule has 6 nitrogen and oxygen atoms in total. The third-order valence-corrected chi connectivity index (χ3v) is 4.25. The number of hydrogen-bond acceptors (Lipinski definition) is 3. The molecular formula is C20H23N3O3. The molecule has 0 aliphatic heterocycles. The van der Waals surface area contributed by atoms with Gasteiger partial charge >= 0.3 is 5.97 Å². The first-order valence-corrected chi connectivity index (χ1v) is 8.59. The van der Waals surface area contributed by atoms with Crippen molar-refractivity contribution in [3.8, 4) is 0 Å². The Morgan fingerprint density at radius 1 is 1.08 bits per heavy atom. The van der Waals surface area contributed by atoms with Gasteiger partial charge in [-0.3, -0.25) is 4.79 Å². The summed E-state index contributed by atoms with van der Waals surface area (Å²) in [4.78, 5) is 24.9. The number of carbonyl (C=O) groups excluding carboxylic acids is 2. The maximum atomic E-state index is 12.6. The highest BCUT2D eigenvalue weighted by atomic mass is 16.5. The van der Waals surface area contributed by atoms with E-state index in [1.54, 1.807) is 17.6 Å². The third-order valence-electron chi connectivity index (χ3n) is 4.25. The average molecular weight is 353 g/mol. The lowest BCUT2D eigenvalue weighted by atomic mass is 10.1. The van der Waals surface area contributed by atoms with Gasteiger partial charge < -0.3 is 19.2 Å². The smallest absolute Gasteiger partial charge is 0.355 e. The van der Waals surface area contributed by atoms with Gasteiger partial charge in [-0.25, -0.2) is 4.79 Å². The zero-order chi connectivity index (χ0) is 18.8. The van der Waals surface area contributed by atoms with Gasteiger partial charge in [-0.2, -0.15) is 0 Å². The van der Waals surface area contributed by atoms with Crippen LogP contribution in [0, 0.1) is 13.8 Å². The molecule has 0 aliphatic rings. The van der Waals surface area contributed by atoms with E-state index in [0.29, 0.717) is 5.69 Å². The van der Waals surface area contributed by atoms with E-state index in [0.717, 1.165) is 27.8 Å². The van der Waals surface area contributed by atoms with Crippen molar-refractivity contribution >= 4 is 28.6 Å². The maximum Gasteiger partial charge on any atom is 0.355 e. The molecule has 1 N–H and O–H groups in total. The predicted molar refractivity (Wildman–Crippen MR) is 101 cm³/mol. The molecular weight excluding hydrogens is 330 g/mol. The van der Waals surface area contributed by atoms with Crippen LogP contribution in [0.1, 0.15) is 28.5 Å². The van der Waals surface area contributed by atoms with Gasteiger partial charge in [0.15, 0.2) is 0 Å². The summed E-state index contributed by atoms with van der Waals surface area (Å²) < 4.78 is 8.75. The number of aryl methyl sites for hydroxylation is 3. The Labute approximate surface area is 152 Å². The van der Waals surface area contributed by atoms with Crippen LogP contribution >= 0.6 is 0 Å². The Kier molecular flexibility index (Phi) is 4.84. The molecule has 0 unspecified atom stereocenters. The van der Waals surface area contributed by atoms with E-state index >= 15 is 0 Å². The average Bonchev–Trinajstić information content (AvgIpc) is 3.07. The van der Waals surface area contributed by atoms with Gasteiger partial charge in [0.05, 0.1) is 17.6 Å². The minimum atomic E-state index is -0.428. The molecule has 3 rings (SSSR count). The fourth-order valence-electron chi connectivity index (χ4n) is 3.21. The largest absolute Gasteiger partial charge is 0.461 e. The monoisotopic (exact) mass is 353 g/mol. The second-order valence-electron chi connectivity index (χ2n) is 6.46. The Bertz CT molecular complexity index is 962. The Morgan fingerprint density at radius 3 is 2.42 bits per heavy atom. The molecule has 1 aromatic carbocycles. The second kappa shape index (κ2) is 7.07. The number of nitrogens with zero attached hydrogens (tertiary/aromatic N) is 2. The fourth-order valence-corrected chi connectivity index (χ4v) is 3.21. The van der Waals surface area contributed by atoms with Crippen molar-refractivity contribution in [1.29, 1.82) is 0 Å². The zero-order valence-electron chi connectivity index (χ0n) is 15.5. The molecule has 0 radical (unpaired) electrons. The van der Waals surface area contributed by atoms with E-state index in [1.807, 2.05) is 55.9 Å². The summed E-state index contributed by atoms with van der Waals surface area (Å²) in [5.74, 6) is -0.621. The summed E-state index contributed by atoms with van der Waals surface area (Å²) in [5, 5.41) is 2.91. The SMILES string of the molecule is CCOC(=O)c1cc2c(ccn2C)n1CC(=O)Nc1cc(C)cc(C)c1. The van der Waals surface area contributed by atoms with E-state index in [4.69, 9.17) is 4.74 Å². The first-order chi connectivity index (χ1) is 12.4. The number of hydrogen-bond donors (Lipinski definition) is 1. The number of rotatable bonds is 5. The first-order valence-electron chi connectivity index (χ1n) is 8.59. The summed E-state index contributed by atoms with van der Waals surface area (Å²) >= 11 is 0. The van der Waals surface area contributed by atoms with E-state index in [1.165, 1.54) is 0 Å². The van der Waals surface area contributed by atoms with Crippen molar-refractivity contribution in [3.05, 3.63) is 53.3 Å². The number of aromatic nitrogens is 2. The quantitative estimate of drug-likeness (QED) is 0.715. The van der Waals surface area contributed by atoms with Crippen molar-refractivity contribution < 1.29 is 14.3 Å². The molecule has 0 bridgehead atoms. The summed E-state index contributed by atoms with van der Waals surface area (Å²) in [6, 6.07) is 9.55. The van der Waals surface area contributed by atoms with Crippen LogP contribution in [-0.4, -0.2) is 27.6 Å². The highest BCUT2D eigenvalue weighted by molar-refractivity contribution is 5.97. The first kappa shape index (κ1) is 17.8. The lowest BCUT2D eigenvalue weighted by Gasteiger charge is -2.11. The molecule has 2 heterocycles. The van der Waals surface area contributed by atoms with Crippen LogP contribution in [0.25, 0.3) is 11.0 Å². The van der Waals surface area contributed by atoms with Gasteiger partial charge in [-0.1, -0.05) is 6.07 Å². The number of fused-ring (bicyclic) bond motifs is 1. The van der Waals surface area contributed by atoms with Crippen LogP contribution in [0.3, 0.4) is 0 Å². The van der Waals surface area contributed by atoms with Crippen molar-refractivity contribution in [2.24, 2.45) is 7.05 Å². The minimum absolute atomic E-state index is 0.0364. The fraction of sp³-hybridized carbons (Fsp3) is 0.300. The molecule has 26 heavy (non-hydrogen) atoms. The van der Waals surface area contributed by atoms with Gasteiger partial charge in [-0.05, 0) is 56.2 Å². The molecule has 136 valence electrons. The Hall–Kier alpha value is -3.02. The normalized spacial score (nSPS) is 10.9. The van der Waals surface area contributed by atoms with Crippen LogP contribution in [0.15, 0.2) is 36.5 Å². The van der Waals surface area contributed by atoms with Crippen molar-refractivity contribution in [2.75, 3.05) is 11.9 Å². The van der Waals surface area contributed by atoms with E-state index < -0.39 is 5.97 Å². The lowest BCUT2D eigenvalue weighted by molar-refractivity contribution is -0.116. The third kappa shape index (κ3) is 3.49. The molecule has 1 amide bonds. The van der Waals surface area contributed by atoms with Crippen LogP contribution in [0.4, 0.5) is 5.69 Å². The summed E-state index contributed by atoms with van der Waals surface area (Å²) in [5.41, 5.74) is 5.00. The van der Waals surface area contributed by atoms with E-state index in [9.17, 15) is 9.59 Å². The summed E-state index contributed by atoms with van der Waals surface area (Å²) in [6.45, 7) is 6.06. The van der Waals surface area contributed by atoms with Crippen molar-refractivity contribution in [3.63, 3.8) is 0 Å². The Balaban J connectivity index is 1.90. The predicted octanol–water partition coefficient (Wildman–Crippen LogP) is 3.41. The number of benzene rings is 1. The minimum Gasteiger partial charge on any atom is -0.461 e. The van der Waals surface area contributed by atoms with Gasteiger partial charge in [-0.15, -0.1) is 0 Å². The number of amides is 1. The second-order valence-corrected chi connectivity index (χ2v) is 6.46. The van der Waals surface area contributed by atoms with Crippen LogP contribution in [0.2, 0.25) is 0 Å². The number of anilines is 1. The van der Waals surface area contributed by atoms with Crippen molar-refractivity contribution in [2.45, 2.75) is 27.3 Å². The topological polar surface area (TPSA) is 65.3 Å². The van der Waals surface area contributed by atoms with E-state index in [-0.39, 0.29) is 19.1 Å². The van der Waals surface area contributed by atoms with Crippen LogP contribution < -0.4 is 5.32 Å². The standard InChI is InChI=1S/C20H23N3O3/c1-5-26-20(25)18-11-17-16(6-7-22(17)4)23(18)12-19(24)21-15-9-13(2)8-14(3)10-15/h6-11H,5,12H2,1-4H3,(H,21,24). The molecule has 0 saturated heterocycles. The van der Waals surface area contributed by atoms with Gasteiger partial charge in [0, 0.05) is 18.9 Å². The molecule has 0 fully saturated rings. The molecule has 3 aromatic rings. The molecule has 0 atom stereocenters. The maximum absolute atomic E-state index is 12.6. The molecule has 2 aromatic heterocycles. The summed E-state index contributed by atoms with van der Waals surface area (Å²) in [6.07, 6.45) is 1.90. The lowest BCUT2D eigenvalue weighted by Crippen LogP contribution is -2.22. The van der Waals surface area contributed by atoms with Crippen LogP contribution in [-0.2, 0) is 23.1 Å². The van der Waals surface area contributed by atoms with Crippen LogP contribution in [0.5, 0.6) is 0 Å². The number of ether oxygens (including phenoxy) is 1. The molecule has 0 spiro atoms. The van der Waals surface area contributed by atoms with Gasteiger partial charge in [0.2, 0.25) is 5.91 Å². The zero-order valence-corrected chi connectivity index (χ0v) is 15.5. The number of carbonyl (C=O) groups is 2. The molecule has 0 saturated carbocycles. The number of nitrogens with one attached hydrogen (secondary N) is 1. The highest BCUT2D eigenvalue weighted by Gasteiger charge is 2.20. The highest BCUT2D eigenvalue weighted by Crippen LogP contribution is 2.22. The van der Waals surface area contributed by atoms with Gasteiger partial charge in [0.1, 0.15) is 12.2 Å². The Morgan fingerprint density at radius 2 is 1.77 bits per heavy atom. The molecule has 0 aliphatic carbocycles.